The predicted molar refractivity (Wildman–Crippen MR) is 145 cm³/mol. The number of carbonyl (C=O) groups excluding carboxylic acids is 1. The zero-order chi connectivity index (χ0) is 26.5. The van der Waals surface area contributed by atoms with Crippen molar-refractivity contribution in [3.63, 3.8) is 0 Å². The Kier molecular flexibility index (Phi) is 8.28. The summed E-state index contributed by atoms with van der Waals surface area (Å²) in [4.78, 5) is 31.9. The SMILES string of the molecule is CCOC(=O)C1=C(C)N=c2s/c(=C\c3ccc(OCC(C)C)cc3)c(=O)n2[C@@H]1c1ccc(OCC)cc1. The van der Waals surface area contributed by atoms with Gasteiger partial charge in [-0.2, -0.15) is 0 Å². The molecule has 194 valence electrons. The summed E-state index contributed by atoms with van der Waals surface area (Å²) >= 11 is 1.30. The second kappa shape index (κ2) is 11.6. The summed E-state index contributed by atoms with van der Waals surface area (Å²) in [5, 5.41) is 0. The average Bonchev–Trinajstić information content (AvgIpc) is 3.17. The van der Waals surface area contributed by atoms with E-state index in [0.29, 0.717) is 39.7 Å². The topological polar surface area (TPSA) is 79.1 Å². The van der Waals surface area contributed by atoms with Crippen molar-refractivity contribution in [2.45, 2.75) is 40.7 Å². The summed E-state index contributed by atoms with van der Waals surface area (Å²) in [6, 6.07) is 14.4. The fourth-order valence-electron chi connectivity index (χ4n) is 4.09. The maximum absolute atomic E-state index is 13.7. The fourth-order valence-corrected chi connectivity index (χ4v) is 5.14. The van der Waals surface area contributed by atoms with Crippen molar-refractivity contribution in [3.05, 3.63) is 90.6 Å². The molecule has 8 heteroatoms. The highest BCUT2D eigenvalue weighted by Gasteiger charge is 2.33. The van der Waals surface area contributed by atoms with Crippen LogP contribution in [-0.4, -0.2) is 30.4 Å². The number of hydrogen-bond donors (Lipinski definition) is 0. The molecule has 0 N–H and O–H groups in total. The number of thiazole rings is 1. The Hall–Kier alpha value is -3.65. The normalized spacial score (nSPS) is 15.4. The van der Waals surface area contributed by atoms with Crippen molar-refractivity contribution in [3.8, 4) is 11.5 Å². The highest BCUT2D eigenvalue weighted by Crippen LogP contribution is 2.31. The van der Waals surface area contributed by atoms with Crippen molar-refractivity contribution < 1.29 is 19.0 Å². The van der Waals surface area contributed by atoms with Crippen LogP contribution in [0.1, 0.15) is 51.8 Å². The first kappa shape index (κ1) is 26.4. The summed E-state index contributed by atoms with van der Waals surface area (Å²) < 4.78 is 18.8. The van der Waals surface area contributed by atoms with Crippen molar-refractivity contribution in [2.24, 2.45) is 10.9 Å². The van der Waals surface area contributed by atoms with Gasteiger partial charge in [0, 0.05) is 0 Å². The third-order valence-electron chi connectivity index (χ3n) is 5.79. The molecule has 1 atom stereocenters. The molecule has 37 heavy (non-hydrogen) atoms. The number of hydrogen-bond acceptors (Lipinski definition) is 7. The Bertz CT molecular complexity index is 1460. The number of allylic oxidation sites excluding steroid dienone is 1. The van der Waals surface area contributed by atoms with Gasteiger partial charge in [-0.25, -0.2) is 9.79 Å². The van der Waals surface area contributed by atoms with Crippen molar-refractivity contribution in [1.29, 1.82) is 0 Å². The lowest BCUT2D eigenvalue weighted by Crippen LogP contribution is -2.39. The smallest absolute Gasteiger partial charge is 0.338 e. The number of nitrogens with zero attached hydrogens (tertiary/aromatic N) is 2. The zero-order valence-corrected chi connectivity index (χ0v) is 22.6. The maximum Gasteiger partial charge on any atom is 0.338 e. The maximum atomic E-state index is 13.7. The molecule has 1 aliphatic heterocycles. The zero-order valence-electron chi connectivity index (χ0n) is 21.8. The molecule has 0 spiro atoms. The van der Waals surface area contributed by atoms with Gasteiger partial charge in [0.05, 0.1) is 41.7 Å². The summed E-state index contributed by atoms with van der Waals surface area (Å²) in [6.45, 7) is 11.1. The van der Waals surface area contributed by atoms with Crippen LogP contribution in [0.5, 0.6) is 11.5 Å². The number of carbonyl (C=O) groups is 1. The van der Waals surface area contributed by atoms with Crippen LogP contribution in [0, 0.1) is 5.92 Å². The molecule has 2 heterocycles. The second-order valence-electron chi connectivity index (χ2n) is 9.08. The molecular formula is C29H32N2O5S. The third kappa shape index (κ3) is 5.85. The van der Waals surface area contributed by atoms with Crippen LogP contribution in [0.3, 0.4) is 0 Å². The van der Waals surface area contributed by atoms with Gasteiger partial charge in [-0.05, 0) is 68.2 Å². The molecule has 0 saturated carbocycles. The largest absolute Gasteiger partial charge is 0.494 e. The molecule has 0 radical (unpaired) electrons. The highest BCUT2D eigenvalue weighted by atomic mass is 32.1. The van der Waals surface area contributed by atoms with E-state index in [0.717, 1.165) is 22.6 Å². The van der Waals surface area contributed by atoms with E-state index in [1.165, 1.54) is 11.3 Å². The Morgan fingerprint density at radius 2 is 1.68 bits per heavy atom. The molecule has 7 nitrogen and oxygen atoms in total. The highest BCUT2D eigenvalue weighted by molar-refractivity contribution is 7.07. The number of rotatable bonds is 9. The molecule has 0 fully saturated rings. The van der Waals surface area contributed by atoms with Crippen LogP contribution < -0.4 is 24.4 Å². The van der Waals surface area contributed by atoms with Gasteiger partial charge in [-0.1, -0.05) is 49.4 Å². The molecule has 3 aromatic rings. The average molecular weight is 521 g/mol. The van der Waals surface area contributed by atoms with Crippen molar-refractivity contribution in [1.82, 2.24) is 4.57 Å². The molecule has 2 aromatic carbocycles. The molecule has 1 aromatic heterocycles. The number of benzene rings is 2. The summed E-state index contributed by atoms with van der Waals surface area (Å²) in [5.74, 6) is 1.47. The van der Waals surface area contributed by atoms with Crippen molar-refractivity contribution >= 4 is 23.4 Å². The Labute approximate surface area is 220 Å². The predicted octanol–water partition coefficient (Wildman–Crippen LogP) is 4.23. The lowest BCUT2D eigenvalue weighted by atomic mass is 9.96. The molecule has 0 bridgehead atoms. The Balaban J connectivity index is 1.79. The summed E-state index contributed by atoms with van der Waals surface area (Å²) in [5.41, 5.74) is 2.34. The van der Waals surface area contributed by atoms with Crippen LogP contribution in [0.25, 0.3) is 6.08 Å². The second-order valence-corrected chi connectivity index (χ2v) is 10.1. The van der Waals surface area contributed by atoms with Crippen LogP contribution in [-0.2, 0) is 9.53 Å². The van der Waals surface area contributed by atoms with Crippen LogP contribution >= 0.6 is 11.3 Å². The van der Waals surface area contributed by atoms with Gasteiger partial charge in [-0.3, -0.25) is 9.36 Å². The van der Waals surface area contributed by atoms with E-state index in [1.807, 2.05) is 61.5 Å². The van der Waals surface area contributed by atoms with Gasteiger partial charge in [0.15, 0.2) is 4.80 Å². The minimum Gasteiger partial charge on any atom is -0.494 e. The van der Waals surface area contributed by atoms with E-state index >= 15 is 0 Å². The molecule has 4 rings (SSSR count). The minimum atomic E-state index is -0.653. The molecule has 0 saturated heterocycles. The fraction of sp³-hybridized carbons (Fsp3) is 0.345. The lowest BCUT2D eigenvalue weighted by molar-refractivity contribution is -0.139. The van der Waals surface area contributed by atoms with Crippen LogP contribution in [0.2, 0.25) is 0 Å². The lowest BCUT2D eigenvalue weighted by Gasteiger charge is -2.24. The van der Waals surface area contributed by atoms with Gasteiger partial charge in [0.2, 0.25) is 0 Å². The Morgan fingerprint density at radius 3 is 2.30 bits per heavy atom. The third-order valence-corrected chi connectivity index (χ3v) is 6.77. The van der Waals surface area contributed by atoms with E-state index in [9.17, 15) is 9.59 Å². The standard InChI is InChI=1S/C29H32N2O5S/c1-6-34-22-14-10-21(11-15-22)26-25(28(33)35-7-2)19(5)30-29-31(26)27(32)24(37-29)16-20-8-12-23(13-9-20)36-17-18(3)4/h8-16,18,26H,6-7,17H2,1-5H3/b24-16-/t26-/m1/s1. The van der Waals surface area contributed by atoms with E-state index in [2.05, 4.69) is 18.8 Å². The number of esters is 1. The van der Waals surface area contributed by atoms with Crippen LogP contribution in [0.15, 0.2) is 69.6 Å². The summed E-state index contributed by atoms with van der Waals surface area (Å²) in [6.07, 6.45) is 1.84. The van der Waals surface area contributed by atoms with Gasteiger partial charge in [0.1, 0.15) is 11.5 Å². The molecule has 0 amide bonds. The van der Waals surface area contributed by atoms with E-state index in [1.54, 1.807) is 18.4 Å². The first-order valence-corrected chi connectivity index (χ1v) is 13.3. The van der Waals surface area contributed by atoms with Gasteiger partial charge in [0.25, 0.3) is 5.56 Å². The number of ether oxygens (including phenoxy) is 3. The van der Waals surface area contributed by atoms with Gasteiger partial charge < -0.3 is 14.2 Å². The van der Waals surface area contributed by atoms with Gasteiger partial charge in [-0.15, -0.1) is 0 Å². The molecule has 0 unspecified atom stereocenters. The van der Waals surface area contributed by atoms with E-state index in [-0.39, 0.29) is 12.2 Å². The molecule has 1 aliphatic rings. The van der Waals surface area contributed by atoms with E-state index in [4.69, 9.17) is 14.2 Å². The Morgan fingerprint density at radius 1 is 1.03 bits per heavy atom. The minimum absolute atomic E-state index is 0.211. The van der Waals surface area contributed by atoms with Gasteiger partial charge >= 0.3 is 5.97 Å². The molecule has 0 aliphatic carbocycles. The molecular weight excluding hydrogens is 488 g/mol. The van der Waals surface area contributed by atoms with Crippen molar-refractivity contribution in [2.75, 3.05) is 19.8 Å². The monoisotopic (exact) mass is 520 g/mol. The number of fused-ring (bicyclic) bond motifs is 1. The van der Waals surface area contributed by atoms with Crippen LogP contribution in [0.4, 0.5) is 0 Å². The van der Waals surface area contributed by atoms with E-state index < -0.39 is 12.0 Å². The first-order valence-electron chi connectivity index (χ1n) is 12.5. The first-order chi connectivity index (χ1) is 17.8. The summed E-state index contributed by atoms with van der Waals surface area (Å²) in [7, 11) is 0. The quantitative estimate of drug-likeness (QED) is 0.395. The number of aromatic nitrogens is 1.